The van der Waals surface area contributed by atoms with Crippen molar-refractivity contribution in [3.63, 3.8) is 0 Å². The van der Waals surface area contributed by atoms with Gasteiger partial charge in [0.1, 0.15) is 0 Å². The molecule has 0 atom stereocenters. The van der Waals surface area contributed by atoms with E-state index in [9.17, 15) is 0 Å². The first kappa shape index (κ1) is 32.0. The zero-order valence-corrected chi connectivity index (χ0v) is 32.6. The van der Waals surface area contributed by atoms with Crippen LogP contribution in [0.3, 0.4) is 0 Å². The van der Waals surface area contributed by atoms with Gasteiger partial charge in [0.05, 0.1) is 38.0 Å². The van der Waals surface area contributed by atoms with E-state index in [1.54, 1.807) is 11.3 Å². The van der Waals surface area contributed by atoms with Crippen LogP contribution in [-0.4, -0.2) is 19.1 Å². The molecule has 0 aliphatic carbocycles. The Morgan fingerprint density at radius 2 is 0.948 bits per heavy atom. The highest BCUT2D eigenvalue weighted by atomic mass is 32.1. The first-order valence-corrected chi connectivity index (χ1v) is 21.1. The van der Waals surface area contributed by atoms with Gasteiger partial charge in [0.2, 0.25) is 5.95 Å². The molecule has 58 heavy (non-hydrogen) atoms. The number of thiophene rings is 2. The molecule has 5 heterocycles. The molecule has 0 bridgehead atoms. The van der Waals surface area contributed by atoms with Crippen molar-refractivity contribution in [2.24, 2.45) is 0 Å². The van der Waals surface area contributed by atoms with Gasteiger partial charge in [0, 0.05) is 63.1 Å². The molecule has 5 aromatic heterocycles. The maximum Gasteiger partial charge on any atom is 0.235 e. The number of para-hydroxylation sites is 2. The summed E-state index contributed by atoms with van der Waals surface area (Å²) in [5.74, 6) is 0.684. The van der Waals surface area contributed by atoms with Gasteiger partial charge in [-0.1, -0.05) is 127 Å². The average Bonchev–Trinajstić information content (AvgIpc) is 4.02. The Bertz CT molecular complexity index is 3800. The van der Waals surface area contributed by atoms with Crippen LogP contribution >= 0.6 is 22.7 Å². The van der Waals surface area contributed by atoms with Crippen molar-refractivity contribution >= 4 is 107 Å². The lowest BCUT2D eigenvalue weighted by Gasteiger charge is -2.10. The second kappa shape index (κ2) is 12.2. The molecule has 13 rings (SSSR count). The molecule has 0 saturated carbocycles. The SMILES string of the molecule is c1ccc(-c2cccc(-n3c4ccccc4c4cc5c(cc43)sc3cc4c6ccccc6n(-c6nc(-c7ccccc7)c7sc8ccccc8c7n6)c4cc35)c2)cc1. The zero-order valence-electron chi connectivity index (χ0n) is 30.9. The third-order valence-electron chi connectivity index (χ3n) is 11.7. The van der Waals surface area contributed by atoms with Gasteiger partial charge in [0.15, 0.2) is 0 Å². The van der Waals surface area contributed by atoms with Gasteiger partial charge in [-0.15, -0.1) is 22.7 Å². The van der Waals surface area contributed by atoms with Crippen LogP contribution in [0.15, 0.2) is 182 Å². The molecule has 0 saturated heterocycles. The fourth-order valence-electron chi connectivity index (χ4n) is 9.12. The number of rotatable bonds is 4. The highest BCUT2D eigenvalue weighted by molar-refractivity contribution is 7.26. The standard InChI is InChI=1S/C52H30N4S2/c1-3-14-31(15-4-1)33-18-13-19-34(26-33)55-42-23-10-7-20-35(42)38-27-40-41-28-44-39(29-47(41)57-48(40)30-45(38)55)36-21-8-11-24-43(36)56(44)52-53-49(32-16-5-2-6-17-32)51-50(54-52)37-22-9-12-25-46(37)58-51/h1-30H. The summed E-state index contributed by atoms with van der Waals surface area (Å²) >= 11 is 3.64. The minimum absolute atomic E-state index is 0.684. The van der Waals surface area contributed by atoms with Crippen molar-refractivity contribution in [3.8, 4) is 34.0 Å². The molecule has 6 heteroatoms. The van der Waals surface area contributed by atoms with Gasteiger partial charge < -0.3 is 4.57 Å². The predicted molar refractivity (Wildman–Crippen MR) is 247 cm³/mol. The molecule has 0 amide bonds. The van der Waals surface area contributed by atoms with Crippen LogP contribution in [0.2, 0.25) is 0 Å². The first-order valence-electron chi connectivity index (χ1n) is 19.5. The third-order valence-corrected chi connectivity index (χ3v) is 14.0. The van der Waals surface area contributed by atoms with E-state index in [0.29, 0.717) is 5.95 Å². The third kappa shape index (κ3) is 4.61. The molecule has 4 nitrogen and oxygen atoms in total. The second-order valence-electron chi connectivity index (χ2n) is 15.0. The zero-order chi connectivity index (χ0) is 37.9. The van der Waals surface area contributed by atoms with Gasteiger partial charge in [0.25, 0.3) is 0 Å². The van der Waals surface area contributed by atoms with Crippen LogP contribution in [0.1, 0.15) is 0 Å². The summed E-state index contributed by atoms with van der Waals surface area (Å²) < 4.78 is 9.58. The van der Waals surface area contributed by atoms with Crippen molar-refractivity contribution in [3.05, 3.63) is 182 Å². The van der Waals surface area contributed by atoms with E-state index in [-0.39, 0.29) is 0 Å². The van der Waals surface area contributed by atoms with Gasteiger partial charge in [-0.3, -0.25) is 4.57 Å². The van der Waals surface area contributed by atoms with Crippen LogP contribution in [0, 0.1) is 0 Å². The quantitative estimate of drug-likeness (QED) is 0.178. The molecular formula is C52H30N4S2. The van der Waals surface area contributed by atoms with Crippen molar-refractivity contribution in [2.75, 3.05) is 0 Å². The fraction of sp³-hybridized carbons (Fsp3) is 0. The lowest BCUT2D eigenvalue weighted by molar-refractivity contribution is 1.02. The number of nitrogens with zero attached hydrogens (tertiary/aromatic N) is 4. The summed E-state index contributed by atoms with van der Waals surface area (Å²) in [6.07, 6.45) is 0. The minimum Gasteiger partial charge on any atom is -0.309 e. The summed E-state index contributed by atoms with van der Waals surface area (Å²) in [5.41, 5.74) is 11.2. The topological polar surface area (TPSA) is 35.6 Å². The lowest BCUT2D eigenvalue weighted by Crippen LogP contribution is -2.02. The molecule has 0 spiro atoms. The molecule has 0 aliphatic heterocycles. The van der Waals surface area contributed by atoms with Crippen LogP contribution in [0.5, 0.6) is 0 Å². The van der Waals surface area contributed by atoms with Gasteiger partial charge in [-0.2, -0.15) is 0 Å². The monoisotopic (exact) mass is 774 g/mol. The molecule has 0 fully saturated rings. The molecular weight excluding hydrogens is 745 g/mol. The summed E-state index contributed by atoms with van der Waals surface area (Å²) in [7, 11) is 0. The molecule has 270 valence electrons. The van der Waals surface area contributed by atoms with Crippen molar-refractivity contribution in [2.45, 2.75) is 0 Å². The largest absolute Gasteiger partial charge is 0.309 e. The number of fused-ring (bicyclic) bond motifs is 12. The molecule has 0 radical (unpaired) electrons. The van der Waals surface area contributed by atoms with Crippen molar-refractivity contribution in [1.29, 1.82) is 0 Å². The highest BCUT2D eigenvalue weighted by Gasteiger charge is 2.22. The molecule has 8 aromatic carbocycles. The van der Waals surface area contributed by atoms with Crippen LogP contribution in [-0.2, 0) is 0 Å². The van der Waals surface area contributed by atoms with E-state index in [4.69, 9.17) is 9.97 Å². The summed E-state index contributed by atoms with van der Waals surface area (Å²) in [6.45, 7) is 0. The Labute approximate surface area is 340 Å². The van der Waals surface area contributed by atoms with Crippen molar-refractivity contribution < 1.29 is 0 Å². The number of aromatic nitrogens is 4. The Morgan fingerprint density at radius 1 is 0.345 bits per heavy atom. The molecule has 13 aromatic rings. The number of benzene rings is 8. The van der Waals surface area contributed by atoms with E-state index in [0.717, 1.165) is 43.6 Å². The maximum absolute atomic E-state index is 5.43. The summed E-state index contributed by atoms with van der Waals surface area (Å²) in [6, 6.07) is 65.8. The average molecular weight is 775 g/mol. The van der Waals surface area contributed by atoms with E-state index >= 15 is 0 Å². The normalized spacial score (nSPS) is 12.1. The van der Waals surface area contributed by atoms with Crippen LogP contribution < -0.4 is 0 Å². The Hall–Kier alpha value is -7.12. The first-order chi connectivity index (χ1) is 28.7. The fourth-order valence-corrected chi connectivity index (χ4v) is 11.4. The molecule has 0 N–H and O–H groups in total. The Morgan fingerprint density at radius 3 is 1.74 bits per heavy atom. The summed E-state index contributed by atoms with van der Waals surface area (Å²) in [4.78, 5) is 10.8. The van der Waals surface area contributed by atoms with Gasteiger partial charge in [-0.25, -0.2) is 9.97 Å². The smallest absolute Gasteiger partial charge is 0.235 e. The number of hydrogen-bond donors (Lipinski definition) is 0. The summed E-state index contributed by atoms with van der Waals surface area (Å²) in [5, 5.41) is 8.55. The van der Waals surface area contributed by atoms with Crippen LogP contribution in [0.4, 0.5) is 0 Å². The maximum atomic E-state index is 5.43. The minimum atomic E-state index is 0.684. The van der Waals surface area contributed by atoms with Gasteiger partial charge in [-0.05, 0) is 65.7 Å². The second-order valence-corrected chi connectivity index (χ2v) is 17.1. The molecule has 0 unspecified atom stereocenters. The predicted octanol–water partition coefficient (Wildman–Crippen LogP) is 14.7. The van der Waals surface area contributed by atoms with E-state index in [2.05, 4.69) is 191 Å². The van der Waals surface area contributed by atoms with E-state index in [1.165, 1.54) is 68.6 Å². The molecule has 0 aliphatic rings. The Kier molecular flexibility index (Phi) is 6.73. The number of hydrogen-bond acceptors (Lipinski definition) is 4. The highest BCUT2D eigenvalue weighted by Crippen LogP contribution is 2.45. The van der Waals surface area contributed by atoms with Gasteiger partial charge >= 0.3 is 0 Å². The van der Waals surface area contributed by atoms with Crippen molar-refractivity contribution in [1.82, 2.24) is 19.1 Å². The van der Waals surface area contributed by atoms with E-state index in [1.807, 2.05) is 11.3 Å². The van der Waals surface area contributed by atoms with Crippen LogP contribution in [0.25, 0.3) is 118 Å². The lowest BCUT2D eigenvalue weighted by atomic mass is 10.1. The Balaban J connectivity index is 1.08. The van der Waals surface area contributed by atoms with E-state index < -0.39 is 0 Å².